The number of aryl methyl sites for hydroxylation is 1. The lowest BCUT2D eigenvalue weighted by Crippen LogP contribution is -2.34. The normalized spacial score (nSPS) is 17.2. The molecule has 3 aromatic carbocycles. The number of anilines is 2. The third kappa shape index (κ3) is 6.34. The van der Waals surface area contributed by atoms with Gasteiger partial charge in [0, 0.05) is 35.0 Å². The molecular weight excluding hydrogens is 524 g/mol. The van der Waals surface area contributed by atoms with Crippen LogP contribution in [-0.4, -0.2) is 23.7 Å². The van der Waals surface area contributed by atoms with Crippen molar-refractivity contribution in [3.63, 3.8) is 0 Å². The summed E-state index contributed by atoms with van der Waals surface area (Å²) in [5.74, 6) is 0.200. The van der Waals surface area contributed by atoms with E-state index in [-0.39, 0.29) is 12.6 Å². The molecule has 0 aromatic heterocycles. The number of thiol groups is 1. The summed E-state index contributed by atoms with van der Waals surface area (Å²) in [5, 5.41) is 5.94. The summed E-state index contributed by atoms with van der Waals surface area (Å²) in [6.07, 6.45) is 6.99. The van der Waals surface area contributed by atoms with Crippen LogP contribution >= 0.6 is 0 Å². The van der Waals surface area contributed by atoms with Crippen molar-refractivity contribution in [2.24, 2.45) is 15.8 Å². The molecule has 1 aliphatic heterocycles. The maximum Gasteiger partial charge on any atom is 0.326 e. The molecule has 1 aliphatic carbocycles. The van der Waals surface area contributed by atoms with Crippen molar-refractivity contribution in [1.29, 1.82) is 5.53 Å². The van der Waals surface area contributed by atoms with Crippen molar-refractivity contribution < 1.29 is 13.8 Å². The molecule has 1 heterocycles. The maximum absolute atomic E-state index is 13.6. The summed E-state index contributed by atoms with van der Waals surface area (Å²) >= 11 is 0. The number of hydrogen-bond acceptors (Lipinski definition) is 4. The minimum atomic E-state index is -1.42. The smallest absolute Gasteiger partial charge is 0.326 e. The van der Waals surface area contributed by atoms with Crippen molar-refractivity contribution >= 4 is 40.1 Å². The number of nitrogens with two attached hydrogens (primary N) is 1. The molecule has 1 unspecified atom stereocenters. The highest BCUT2D eigenvalue weighted by Gasteiger charge is 2.25. The van der Waals surface area contributed by atoms with Gasteiger partial charge < -0.3 is 11.1 Å². The van der Waals surface area contributed by atoms with E-state index in [1.807, 2.05) is 30.3 Å². The largest absolute Gasteiger partial charge is 0.366 e. The standard InChI is InChI=1S/C30H32N6O3S/c31-29(35-32)34-28(37)24-8-6-20(7-9-24)19-36(26-14-11-22(12-15-26)21-4-2-1-3-5-21)30(38)33-25-13-10-23-16-17-40(39)27(23)18-25/h6-15,18,21,32H,1-5,16-17,19H2,(H,33,38)(H2,31,34,37)/p+1. The number of fused-ring (bicyclic) bond motifs is 1. The third-order valence-corrected chi connectivity index (χ3v) is 9.17. The van der Waals surface area contributed by atoms with E-state index in [1.54, 1.807) is 29.2 Å². The SMILES string of the molecule is N=NC(N)=NC(=O)c1ccc(CN(C(=O)Nc2ccc3c(c2)[SH+](=O)CC3)c2ccc(C3CCCCC3)cc2)cc1. The highest BCUT2D eigenvalue weighted by atomic mass is 32.2. The summed E-state index contributed by atoms with van der Waals surface area (Å²) in [4.78, 5) is 31.9. The molecule has 10 heteroatoms. The fourth-order valence-electron chi connectivity index (χ4n) is 5.39. The predicted molar refractivity (Wildman–Crippen MR) is 158 cm³/mol. The Labute approximate surface area is 235 Å². The van der Waals surface area contributed by atoms with E-state index in [9.17, 15) is 13.8 Å². The highest BCUT2D eigenvalue weighted by molar-refractivity contribution is 7.85. The van der Waals surface area contributed by atoms with Crippen LogP contribution < -0.4 is 16.0 Å². The van der Waals surface area contributed by atoms with Gasteiger partial charge in [0.1, 0.15) is 16.6 Å². The molecule has 0 saturated heterocycles. The molecule has 0 radical (unpaired) electrons. The molecule has 9 nitrogen and oxygen atoms in total. The molecule has 5 rings (SSSR count). The number of hydrogen-bond donors (Lipinski definition) is 3. The van der Waals surface area contributed by atoms with Gasteiger partial charge >= 0.3 is 6.03 Å². The number of nitrogens with zero attached hydrogens (tertiary/aromatic N) is 3. The molecule has 3 aromatic rings. The number of aliphatic imine (C=N–C) groups is 1. The Hall–Kier alpha value is -4.18. The first-order valence-corrected chi connectivity index (χ1v) is 15.0. The van der Waals surface area contributed by atoms with Crippen molar-refractivity contribution in [3.8, 4) is 0 Å². The quantitative estimate of drug-likeness (QED) is 0.111. The van der Waals surface area contributed by atoms with Gasteiger partial charge in [-0.05, 0) is 60.2 Å². The van der Waals surface area contributed by atoms with Gasteiger partial charge in [-0.25, -0.2) is 10.3 Å². The molecule has 0 bridgehead atoms. The topological polar surface area (TPSA) is 141 Å². The number of urea groups is 1. The first-order chi connectivity index (χ1) is 19.4. The molecular formula is C30H33N6O3S+. The van der Waals surface area contributed by atoms with Crippen LogP contribution in [0.5, 0.6) is 0 Å². The molecule has 0 spiro atoms. The van der Waals surface area contributed by atoms with Gasteiger partial charge in [-0.1, -0.05) is 49.6 Å². The van der Waals surface area contributed by atoms with Gasteiger partial charge in [0.25, 0.3) is 5.91 Å². The first kappa shape index (κ1) is 27.4. The summed E-state index contributed by atoms with van der Waals surface area (Å²) in [5.41, 5.74) is 17.1. The number of carbonyl (C=O) groups is 2. The lowest BCUT2D eigenvalue weighted by molar-refractivity contribution is 0.100. The van der Waals surface area contributed by atoms with E-state index < -0.39 is 22.7 Å². The van der Waals surface area contributed by atoms with E-state index in [0.29, 0.717) is 22.9 Å². The highest BCUT2D eigenvalue weighted by Crippen LogP contribution is 2.34. The number of amides is 3. The van der Waals surface area contributed by atoms with Crippen LogP contribution in [0.3, 0.4) is 0 Å². The molecule has 4 N–H and O–H groups in total. The van der Waals surface area contributed by atoms with Crippen LogP contribution in [-0.2, 0) is 28.0 Å². The Balaban J connectivity index is 1.39. The van der Waals surface area contributed by atoms with E-state index in [0.717, 1.165) is 28.1 Å². The van der Waals surface area contributed by atoms with Gasteiger partial charge in [0.15, 0.2) is 4.90 Å². The predicted octanol–water partition coefficient (Wildman–Crippen LogP) is 6.07. The second-order valence-electron chi connectivity index (χ2n) is 10.2. The zero-order chi connectivity index (χ0) is 28.1. The van der Waals surface area contributed by atoms with Crippen LogP contribution in [0.4, 0.5) is 16.2 Å². The Morgan fingerprint density at radius 3 is 2.42 bits per heavy atom. The summed E-state index contributed by atoms with van der Waals surface area (Å²) in [7, 11) is -1.42. The Kier molecular flexibility index (Phi) is 8.45. The van der Waals surface area contributed by atoms with Crippen LogP contribution in [0.2, 0.25) is 0 Å². The number of nitrogens with one attached hydrogen (secondary N) is 2. The van der Waals surface area contributed by atoms with E-state index in [2.05, 4.69) is 27.6 Å². The fraction of sp³-hybridized carbons (Fsp3) is 0.300. The van der Waals surface area contributed by atoms with Crippen molar-refractivity contribution in [1.82, 2.24) is 0 Å². The average Bonchev–Trinajstić information content (AvgIpc) is 3.36. The van der Waals surface area contributed by atoms with Gasteiger partial charge in [-0.3, -0.25) is 9.69 Å². The Morgan fingerprint density at radius 1 is 1.00 bits per heavy atom. The third-order valence-electron chi connectivity index (χ3n) is 7.59. The van der Waals surface area contributed by atoms with Crippen LogP contribution in [0, 0.1) is 5.53 Å². The molecule has 40 heavy (non-hydrogen) atoms. The van der Waals surface area contributed by atoms with Crippen LogP contribution in [0.15, 0.2) is 81.7 Å². The molecule has 206 valence electrons. The molecule has 1 fully saturated rings. The monoisotopic (exact) mass is 557 g/mol. The fourth-order valence-corrected chi connectivity index (χ4v) is 6.86. The van der Waals surface area contributed by atoms with Gasteiger partial charge in [-0.15, -0.1) is 9.32 Å². The number of rotatable bonds is 6. The zero-order valence-electron chi connectivity index (χ0n) is 22.2. The van der Waals surface area contributed by atoms with Crippen molar-refractivity contribution in [2.45, 2.75) is 55.9 Å². The van der Waals surface area contributed by atoms with Crippen LogP contribution in [0.25, 0.3) is 0 Å². The average molecular weight is 558 g/mol. The lowest BCUT2D eigenvalue weighted by atomic mass is 9.84. The van der Waals surface area contributed by atoms with E-state index >= 15 is 0 Å². The number of guanidine groups is 1. The summed E-state index contributed by atoms with van der Waals surface area (Å²) in [6.45, 7) is 0.260. The summed E-state index contributed by atoms with van der Waals surface area (Å²) in [6, 6.07) is 20.2. The molecule has 1 saturated carbocycles. The second kappa shape index (κ2) is 12.3. The minimum Gasteiger partial charge on any atom is -0.366 e. The molecule has 1 atom stereocenters. The van der Waals surface area contributed by atoms with Crippen molar-refractivity contribution in [3.05, 3.63) is 89.0 Å². The second-order valence-corrected chi connectivity index (χ2v) is 11.9. The van der Waals surface area contributed by atoms with Gasteiger partial charge in [0.2, 0.25) is 5.96 Å². The van der Waals surface area contributed by atoms with E-state index in [1.165, 1.54) is 37.7 Å². The van der Waals surface area contributed by atoms with Crippen LogP contribution in [0.1, 0.15) is 65.1 Å². The summed E-state index contributed by atoms with van der Waals surface area (Å²) < 4.78 is 12.4. The zero-order valence-corrected chi connectivity index (χ0v) is 23.1. The Morgan fingerprint density at radius 2 is 1.73 bits per heavy atom. The van der Waals surface area contributed by atoms with E-state index in [4.69, 9.17) is 11.3 Å². The molecule has 3 amide bonds. The first-order valence-electron chi connectivity index (χ1n) is 13.5. The lowest BCUT2D eigenvalue weighted by Gasteiger charge is -2.26. The minimum absolute atomic E-state index is 0.260. The number of carbonyl (C=O) groups excluding carboxylic acids is 2. The Bertz CT molecular complexity index is 1460. The maximum atomic E-state index is 13.6. The van der Waals surface area contributed by atoms with Gasteiger partial charge in [-0.2, -0.15) is 4.99 Å². The number of benzene rings is 3. The van der Waals surface area contributed by atoms with Crippen molar-refractivity contribution in [2.75, 3.05) is 16.0 Å². The van der Waals surface area contributed by atoms with Gasteiger partial charge in [0.05, 0.1) is 6.54 Å². The molecule has 2 aliphatic rings.